The molecule has 0 radical (unpaired) electrons. The number of aromatic nitrogens is 1. The van der Waals surface area contributed by atoms with Crippen molar-refractivity contribution in [3.63, 3.8) is 0 Å². The van der Waals surface area contributed by atoms with Crippen LogP contribution in [0, 0.1) is 0 Å². The van der Waals surface area contributed by atoms with Crippen molar-refractivity contribution in [3.8, 4) is 0 Å². The summed E-state index contributed by atoms with van der Waals surface area (Å²) in [6, 6.07) is 5.39. The molecule has 116 valence electrons. The van der Waals surface area contributed by atoms with Crippen LogP contribution in [0.25, 0.3) is 10.9 Å². The Hall–Kier alpha value is -2.68. The minimum absolute atomic E-state index is 0.313. The van der Waals surface area contributed by atoms with E-state index in [0.717, 1.165) is 12.1 Å². The molecule has 0 aliphatic rings. The van der Waals surface area contributed by atoms with Crippen molar-refractivity contribution >= 4 is 22.8 Å². The zero-order valence-electron chi connectivity index (χ0n) is 10.8. The van der Waals surface area contributed by atoms with E-state index in [-0.39, 0.29) is 0 Å². The van der Waals surface area contributed by atoms with Gasteiger partial charge in [-0.3, -0.25) is 9.87 Å². The van der Waals surface area contributed by atoms with E-state index in [1.54, 1.807) is 12.1 Å². The first-order valence-corrected chi connectivity index (χ1v) is 5.80. The van der Waals surface area contributed by atoms with Crippen LogP contribution < -0.4 is 0 Å². The van der Waals surface area contributed by atoms with Crippen molar-refractivity contribution < 1.29 is 37.6 Å². The van der Waals surface area contributed by atoms with Crippen LogP contribution in [0.15, 0.2) is 30.5 Å². The standard InChI is InChI=1S/C13H8F3NO5/c14-13(15,16)6-21-22-12(20)9-4-7-2-1-3-17-10(7)5-8(9)11(18)19/h1-5H,6H2,(H,18,19). The lowest BCUT2D eigenvalue weighted by Crippen LogP contribution is -2.20. The molecule has 0 atom stereocenters. The van der Waals surface area contributed by atoms with E-state index in [1.807, 2.05) is 0 Å². The van der Waals surface area contributed by atoms with Gasteiger partial charge in [0.15, 0.2) is 6.61 Å². The van der Waals surface area contributed by atoms with Gasteiger partial charge in [0, 0.05) is 11.6 Å². The van der Waals surface area contributed by atoms with Gasteiger partial charge in [-0.15, -0.1) is 0 Å². The van der Waals surface area contributed by atoms with E-state index in [2.05, 4.69) is 14.8 Å². The molecule has 2 aromatic rings. The Labute approximate surface area is 121 Å². The molecule has 0 bridgehead atoms. The van der Waals surface area contributed by atoms with Gasteiger partial charge >= 0.3 is 18.1 Å². The maximum Gasteiger partial charge on any atom is 0.415 e. The van der Waals surface area contributed by atoms with Gasteiger partial charge in [0.2, 0.25) is 0 Å². The number of aromatic carboxylic acids is 1. The van der Waals surface area contributed by atoms with E-state index in [1.165, 1.54) is 6.20 Å². The molecule has 9 heteroatoms. The summed E-state index contributed by atoms with van der Waals surface area (Å²) >= 11 is 0. The Morgan fingerprint density at radius 2 is 1.95 bits per heavy atom. The third-order valence-electron chi connectivity index (χ3n) is 2.55. The van der Waals surface area contributed by atoms with Gasteiger partial charge in [-0.1, -0.05) is 6.07 Å². The second-order valence-corrected chi connectivity index (χ2v) is 4.15. The number of nitrogens with zero attached hydrogens (tertiary/aromatic N) is 1. The number of carboxylic acids is 1. The molecular weight excluding hydrogens is 307 g/mol. The van der Waals surface area contributed by atoms with Crippen LogP contribution in [0.5, 0.6) is 0 Å². The highest BCUT2D eigenvalue weighted by molar-refractivity contribution is 6.06. The Balaban J connectivity index is 2.30. The molecule has 22 heavy (non-hydrogen) atoms. The first-order valence-electron chi connectivity index (χ1n) is 5.80. The van der Waals surface area contributed by atoms with Gasteiger partial charge in [0.1, 0.15) is 0 Å². The summed E-state index contributed by atoms with van der Waals surface area (Å²) in [6.45, 7) is -1.80. The van der Waals surface area contributed by atoms with Gasteiger partial charge in [-0.25, -0.2) is 9.59 Å². The highest BCUT2D eigenvalue weighted by Crippen LogP contribution is 2.20. The van der Waals surface area contributed by atoms with Crippen LogP contribution in [-0.2, 0) is 9.78 Å². The number of carboxylic acid groups (broad SMARTS) is 1. The number of rotatable bonds is 4. The van der Waals surface area contributed by atoms with E-state index in [9.17, 15) is 22.8 Å². The normalized spacial score (nSPS) is 11.4. The quantitative estimate of drug-likeness (QED) is 0.689. The smallest absolute Gasteiger partial charge is 0.415 e. The van der Waals surface area contributed by atoms with Gasteiger partial charge in [0.25, 0.3) is 0 Å². The predicted molar refractivity (Wildman–Crippen MR) is 66.1 cm³/mol. The van der Waals surface area contributed by atoms with Gasteiger partial charge in [-0.2, -0.15) is 18.1 Å². The van der Waals surface area contributed by atoms with Crippen molar-refractivity contribution in [2.45, 2.75) is 6.18 Å². The highest BCUT2D eigenvalue weighted by atomic mass is 19.4. The van der Waals surface area contributed by atoms with E-state index in [4.69, 9.17) is 5.11 Å². The molecule has 0 amide bonds. The monoisotopic (exact) mass is 315 g/mol. The first-order chi connectivity index (χ1) is 10.3. The Bertz CT molecular complexity index is 729. The average Bonchev–Trinajstić information content (AvgIpc) is 2.44. The third-order valence-corrected chi connectivity index (χ3v) is 2.55. The maximum absolute atomic E-state index is 11.9. The number of pyridine rings is 1. The van der Waals surface area contributed by atoms with Crippen molar-refractivity contribution in [1.29, 1.82) is 0 Å². The lowest BCUT2D eigenvalue weighted by atomic mass is 10.0. The zero-order valence-corrected chi connectivity index (χ0v) is 10.8. The topological polar surface area (TPSA) is 85.7 Å². The molecule has 0 unspecified atom stereocenters. The number of carbonyl (C=O) groups is 2. The minimum Gasteiger partial charge on any atom is -0.478 e. The SMILES string of the molecule is O=C(O)c1cc2ncccc2cc1C(=O)OOCC(F)(F)F. The molecule has 0 fully saturated rings. The van der Waals surface area contributed by atoms with Crippen molar-refractivity contribution in [1.82, 2.24) is 4.98 Å². The van der Waals surface area contributed by atoms with Crippen LogP contribution in [0.3, 0.4) is 0 Å². The molecule has 0 aliphatic heterocycles. The van der Waals surface area contributed by atoms with Crippen LogP contribution in [0.2, 0.25) is 0 Å². The highest BCUT2D eigenvalue weighted by Gasteiger charge is 2.30. The van der Waals surface area contributed by atoms with Crippen LogP contribution in [0.4, 0.5) is 13.2 Å². The molecule has 0 spiro atoms. The Kier molecular flexibility index (Phi) is 4.27. The van der Waals surface area contributed by atoms with E-state index < -0.39 is 35.8 Å². The Morgan fingerprint density at radius 3 is 2.59 bits per heavy atom. The van der Waals surface area contributed by atoms with Crippen LogP contribution >= 0.6 is 0 Å². The van der Waals surface area contributed by atoms with Gasteiger partial charge in [-0.05, 0) is 18.2 Å². The number of hydrogen-bond acceptors (Lipinski definition) is 5. The summed E-state index contributed by atoms with van der Waals surface area (Å²) in [7, 11) is 0. The van der Waals surface area contributed by atoms with Crippen LogP contribution in [-0.4, -0.2) is 34.8 Å². The number of benzene rings is 1. The molecule has 0 saturated heterocycles. The summed E-state index contributed by atoms with van der Waals surface area (Å²) in [5.74, 6) is -2.79. The van der Waals surface area contributed by atoms with Crippen molar-refractivity contribution in [2.75, 3.05) is 6.61 Å². The molecule has 0 saturated carbocycles. The lowest BCUT2D eigenvalue weighted by Gasteiger charge is -2.09. The maximum atomic E-state index is 11.9. The first kappa shape index (κ1) is 15.7. The molecule has 1 aromatic carbocycles. The molecule has 0 aliphatic carbocycles. The van der Waals surface area contributed by atoms with Crippen LogP contribution in [0.1, 0.15) is 20.7 Å². The van der Waals surface area contributed by atoms with Crippen molar-refractivity contribution in [3.05, 3.63) is 41.6 Å². The second-order valence-electron chi connectivity index (χ2n) is 4.15. The number of hydrogen-bond donors (Lipinski definition) is 1. The fourth-order valence-corrected chi connectivity index (χ4v) is 1.66. The molecule has 2 rings (SSSR count). The molecule has 1 aromatic heterocycles. The predicted octanol–water partition coefficient (Wildman–Crippen LogP) is 2.58. The number of fused-ring (bicyclic) bond motifs is 1. The van der Waals surface area contributed by atoms with E-state index >= 15 is 0 Å². The second kappa shape index (κ2) is 5.98. The minimum atomic E-state index is -4.68. The molecular formula is C13H8F3NO5. The Morgan fingerprint density at radius 1 is 1.23 bits per heavy atom. The summed E-state index contributed by atoms with van der Waals surface area (Å²) in [5, 5.41) is 9.50. The van der Waals surface area contributed by atoms with Gasteiger partial charge < -0.3 is 5.11 Å². The molecule has 1 N–H and O–H groups in total. The number of halogens is 3. The molecule has 1 heterocycles. The average molecular weight is 315 g/mol. The largest absolute Gasteiger partial charge is 0.478 e. The van der Waals surface area contributed by atoms with Gasteiger partial charge in [0.05, 0.1) is 16.6 Å². The molecule has 6 nitrogen and oxygen atoms in total. The summed E-state index contributed by atoms with van der Waals surface area (Å²) in [6.07, 6.45) is -3.25. The summed E-state index contributed by atoms with van der Waals surface area (Å²) in [5.41, 5.74) is -0.574. The third kappa shape index (κ3) is 3.70. The lowest BCUT2D eigenvalue weighted by molar-refractivity contribution is -0.302. The number of alkyl halides is 3. The number of carbonyl (C=O) groups excluding carboxylic acids is 1. The van der Waals surface area contributed by atoms with E-state index in [0.29, 0.717) is 10.9 Å². The summed E-state index contributed by atoms with van der Waals surface area (Å²) in [4.78, 5) is 34.6. The van der Waals surface area contributed by atoms with Crippen molar-refractivity contribution in [2.24, 2.45) is 0 Å². The fraction of sp³-hybridized carbons (Fsp3) is 0.154. The fourth-order valence-electron chi connectivity index (χ4n) is 1.66. The summed E-state index contributed by atoms with van der Waals surface area (Å²) < 4.78 is 35.7. The zero-order chi connectivity index (χ0) is 16.3.